The van der Waals surface area contributed by atoms with Gasteiger partial charge in [-0.05, 0) is 55.5 Å². The summed E-state index contributed by atoms with van der Waals surface area (Å²) in [6, 6.07) is 5.42. The smallest absolute Gasteiger partial charge is 0.408 e. The van der Waals surface area contributed by atoms with Crippen LogP contribution in [0.4, 0.5) is 4.79 Å². The van der Waals surface area contributed by atoms with Crippen LogP contribution in [0.15, 0.2) is 24.3 Å². The Labute approximate surface area is 142 Å². The lowest BCUT2D eigenvalue weighted by Gasteiger charge is -2.21. The number of hydrogen-bond donors (Lipinski definition) is 2. The molecule has 1 aromatic carbocycles. The minimum atomic E-state index is -1.33. The Bertz CT molecular complexity index is 562. The first kappa shape index (κ1) is 18.4. The van der Waals surface area contributed by atoms with E-state index in [1.54, 1.807) is 45.0 Å². The molecule has 0 spiro atoms. The SMILES string of the molecule is CC(C)(C)OC(=O)NC(CC(=O)c1ccc(I)cc1)C(=O)O. The van der Waals surface area contributed by atoms with Crippen molar-refractivity contribution >= 4 is 40.4 Å². The van der Waals surface area contributed by atoms with Crippen LogP contribution in [0.3, 0.4) is 0 Å². The van der Waals surface area contributed by atoms with Crippen molar-refractivity contribution in [1.82, 2.24) is 5.32 Å². The largest absolute Gasteiger partial charge is 0.480 e. The third-order valence-electron chi connectivity index (χ3n) is 2.54. The van der Waals surface area contributed by atoms with Gasteiger partial charge in [0, 0.05) is 15.6 Å². The van der Waals surface area contributed by atoms with E-state index in [1.807, 2.05) is 0 Å². The van der Waals surface area contributed by atoms with Gasteiger partial charge in [0.25, 0.3) is 0 Å². The minimum Gasteiger partial charge on any atom is -0.480 e. The molecule has 1 aromatic rings. The zero-order valence-electron chi connectivity index (χ0n) is 12.6. The van der Waals surface area contributed by atoms with E-state index in [2.05, 4.69) is 27.9 Å². The summed E-state index contributed by atoms with van der Waals surface area (Å²) < 4.78 is 5.96. The highest BCUT2D eigenvalue weighted by Crippen LogP contribution is 2.11. The number of ether oxygens (including phenoxy) is 1. The van der Waals surface area contributed by atoms with E-state index in [9.17, 15) is 14.4 Å². The molecule has 0 aliphatic rings. The number of hydrogen-bond acceptors (Lipinski definition) is 4. The number of carbonyl (C=O) groups is 3. The first-order chi connectivity index (χ1) is 10.1. The molecular formula is C15H18INO5. The Kier molecular flexibility index (Phi) is 6.34. The molecule has 0 fully saturated rings. The third-order valence-corrected chi connectivity index (χ3v) is 3.26. The number of aliphatic carboxylic acids is 1. The van der Waals surface area contributed by atoms with Crippen molar-refractivity contribution in [1.29, 1.82) is 0 Å². The maximum absolute atomic E-state index is 12.1. The summed E-state index contributed by atoms with van der Waals surface area (Å²) in [5, 5.41) is 11.3. The van der Waals surface area contributed by atoms with Gasteiger partial charge in [-0.15, -0.1) is 0 Å². The molecule has 1 amide bonds. The Morgan fingerprint density at radius 1 is 1.23 bits per heavy atom. The van der Waals surface area contributed by atoms with Gasteiger partial charge in [-0.3, -0.25) is 4.79 Å². The number of carboxylic acid groups (broad SMARTS) is 1. The van der Waals surface area contributed by atoms with Crippen LogP contribution in [-0.4, -0.2) is 34.6 Å². The van der Waals surface area contributed by atoms with E-state index in [0.29, 0.717) is 5.56 Å². The van der Waals surface area contributed by atoms with Crippen molar-refractivity contribution in [2.24, 2.45) is 0 Å². The minimum absolute atomic E-state index is 0.338. The molecule has 0 heterocycles. The Hall–Kier alpha value is -1.64. The van der Waals surface area contributed by atoms with Crippen LogP contribution in [0.2, 0.25) is 0 Å². The highest BCUT2D eigenvalue weighted by atomic mass is 127. The molecular weight excluding hydrogens is 401 g/mol. The second-order valence-electron chi connectivity index (χ2n) is 5.67. The van der Waals surface area contributed by atoms with E-state index in [1.165, 1.54) is 0 Å². The molecule has 0 bridgehead atoms. The molecule has 6 nitrogen and oxygen atoms in total. The fourth-order valence-corrected chi connectivity index (χ4v) is 1.95. The molecule has 1 rings (SSSR count). The summed E-state index contributed by atoms with van der Waals surface area (Å²) in [5.74, 6) is -1.65. The fourth-order valence-electron chi connectivity index (χ4n) is 1.59. The van der Waals surface area contributed by atoms with Crippen molar-refractivity contribution in [3.05, 3.63) is 33.4 Å². The second-order valence-corrected chi connectivity index (χ2v) is 6.92. The Balaban J connectivity index is 2.72. The van der Waals surface area contributed by atoms with Crippen LogP contribution in [0.5, 0.6) is 0 Å². The van der Waals surface area contributed by atoms with Crippen LogP contribution in [-0.2, 0) is 9.53 Å². The molecule has 120 valence electrons. The van der Waals surface area contributed by atoms with Crippen molar-refractivity contribution < 1.29 is 24.2 Å². The number of carbonyl (C=O) groups excluding carboxylic acids is 2. The van der Waals surface area contributed by atoms with Gasteiger partial charge in [0.2, 0.25) is 0 Å². The monoisotopic (exact) mass is 419 g/mol. The summed E-state index contributed by atoms with van der Waals surface area (Å²) in [6.07, 6.45) is -1.20. The van der Waals surface area contributed by atoms with Gasteiger partial charge in [0.05, 0.1) is 0 Å². The molecule has 0 aliphatic carbocycles. The molecule has 22 heavy (non-hydrogen) atoms. The predicted molar refractivity (Wildman–Crippen MR) is 88.9 cm³/mol. The average molecular weight is 419 g/mol. The number of nitrogens with one attached hydrogen (secondary N) is 1. The third kappa shape index (κ3) is 6.42. The number of halogens is 1. The summed E-state index contributed by atoms with van der Waals surface area (Å²) in [6.45, 7) is 5.00. The van der Waals surface area contributed by atoms with Crippen molar-refractivity contribution in [3.63, 3.8) is 0 Å². The van der Waals surface area contributed by atoms with Crippen LogP contribution in [0, 0.1) is 3.57 Å². The zero-order chi connectivity index (χ0) is 16.9. The number of benzene rings is 1. The maximum atomic E-state index is 12.1. The van der Waals surface area contributed by atoms with Gasteiger partial charge in [0.15, 0.2) is 5.78 Å². The van der Waals surface area contributed by atoms with Crippen molar-refractivity contribution in [3.8, 4) is 0 Å². The second kappa shape index (κ2) is 7.57. The summed E-state index contributed by atoms with van der Waals surface area (Å²) >= 11 is 2.11. The first-order valence-corrected chi connectivity index (χ1v) is 7.67. The standard InChI is InChI=1S/C15H18INO5/c1-15(2,3)22-14(21)17-11(13(19)20)8-12(18)9-4-6-10(16)7-5-9/h4-7,11H,8H2,1-3H3,(H,17,21)(H,19,20). The maximum Gasteiger partial charge on any atom is 0.408 e. The quantitative estimate of drug-likeness (QED) is 0.566. The Morgan fingerprint density at radius 2 is 1.77 bits per heavy atom. The molecule has 2 N–H and O–H groups in total. The van der Waals surface area contributed by atoms with Gasteiger partial charge >= 0.3 is 12.1 Å². The first-order valence-electron chi connectivity index (χ1n) is 6.59. The van der Waals surface area contributed by atoms with Gasteiger partial charge in [-0.2, -0.15) is 0 Å². The summed E-state index contributed by atoms with van der Waals surface area (Å²) in [7, 11) is 0. The lowest BCUT2D eigenvalue weighted by Crippen LogP contribution is -2.44. The topological polar surface area (TPSA) is 92.7 Å². The predicted octanol–water partition coefficient (Wildman–Crippen LogP) is 2.84. The lowest BCUT2D eigenvalue weighted by molar-refractivity contribution is -0.139. The van der Waals surface area contributed by atoms with Crippen molar-refractivity contribution in [2.45, 2.75) is 38.8 Å². The molecule has 7 heteroatoms. The molecule has 0 aromatic heterocycles. The molecule has 1 atom stereocenters. The number of alkyl carbamates (subject to hydrolysis) is 1. The molecule has 0 saturated carbocycles. The van der Waals surface area contributed by atoms with Crippen LogP contribution < -0.4 is 5.32 Å². The van der Waals surface area contributed by atoms with E-state index in [-0.39, 0.29) is 12.2 Å². The van der Waals surface area contributed by atoms with Crippen molar-refractivity contribution in [2.75, 3.05) is 0 Å². The Morgan fingerprint density at radius 3 is 2.23 bits per heavy atom. The number of carboxylic acids is 1. The van der Waals surface area contributed by atoms with Gasteiger partial charge in [0.1, 0.15) is 11.6 Å². The van der Waals surface area contributed by atoms with Gasteiger partial charge < -0.3 is 15.2 Å². The summed E-state index contributed by atoms with van der Waals surface area (Å²) in [5.41, 5.74) is -0.342. The van der Waals surface area contributed by atoms with Gasteiger partial charge in [-0.25, -0.2) is 9.59 Å². The fraction of sp³-hybridized carbons (Fsp3) is 0.400. The lowest BCUT2D eigenvalue weighted by atomic mass is 10.0. The highest BCUT2D eigenvalue weighted by molar-refractivity contribution is 14.1. The van der Waals surface area contributed by atoms with Crippen LogP contribution >= 0.6 is 22.6 Å². The zero-order valence-corrected chi connectivity index (χ0v) is 14.7. The normalized spacial score (nSPS) is 12.4. The van der Waals surface area contributed by atoms with E-state index < -0.39 is 23.7 Å². The number of Topliss-reactive ketones (excluding diaryl/α,β-unsaturated/α-hetero) is 1. The van der Waals surface area contributed by atoms with Crippen LogP contribution in [0.25, 0.3) is 0 Å². The van der Waals surface area contributed by atoms with Gasteiger partial charge in [-0.1, -0.05) is 12.1 Å². The number of rotatable bonds is 5. The molecule has 1 unspecified atom stereocenters. The highest BCUT2D eigenvalue weighted by Gasteiger charge is 2.26. The summed E-state index contributed by atoms with van der Waals surface area (Å²) in [4.78, 5) is 34.9. The van der Waals surface area contributed by atoms with Crippen LogP contribution in [0.1, 0.15) is 37.6 Å². The molecule has 0 saturated heterocycles. The molecule has 0 aliphatic heterocycles. The molecule has 0 radical (unpaired) electrons. The van der Waals surface area contributed by atoms with E-state index in [0.717, 1.165) is 3.57 Å². The van der Waals surface area contributed by atoms with E-state index >= 15 is 0 Å². The number of amides is 1. The number of ketones is 1. The average Bonchev–Trinajstić information content (AvgIpc) is 2.36. The van der Waals surface area contributed by atoms with E-state index in [4.69, 9.17) is 9.84 Å².